The fourth-order valence-electron chi connectivity index (χ4n) is 1.92. The highest BCUT2D eigenvalue weighted by atomic mass is 15.1. The Labute approximate surface area is 97.3 Å². The van der Waals surface area contributed by atoms with Gasteiger partial charge in [-0.25, -0.2) is 0 Å². The molecule has 0 bridgehead atoms. The molecular formula is C15H17N. The van der Waals surface area contributed by atoms with Crippen molar-refractivity contribution in [1.29, 1.82) is 0 Å². The maximum absolute atomic E-state index is 2.22. The first-order valence-corrected chi connectivity index (χ1v) is 5.54. The zero-order valence-corrected chi connectivity index (χ0v) is 10.1. The molecule has 0 aliphatic heterocycles. The minimum atomic E-state index is 1.23. The van der Waals surface area contributed by atoms with Crippen LogP contribution in [0, 0.1) is 13.8 Å². The number of hydrogen-bond donors (Lipinski definition) is 0. The molecule has 0 radical (unpaired) electrons. The minimum absolute atomic E-state index is 1.23. The van der Waals surface area contributed by atoms with E-state index in [1.54, 1.807) is 0 Å². The minimum Gasteiger partial charge on any atom is -0.344 e. The van der Waals surface area contributed by atoms with E-state index in [1.165, 1.54) is 22.5 Å². The van der Waals surface area contributed by atoms with Crippen molar-refractivity contribution >= 4 is 11.4 Å². The molecule has 1 nitrogen and oxygen atoms in total. The molecule has 0 atom stereocenters. The largest absolute Gasteiger partial charge is 0.344 e. The summed E-state index contributed by atoms with van der Waals surface area (Å²) in [4.78, 5) is 2.22. The van der Waals surface area contributed by atoms with Crippen LogP contribution in [0.5, 0.6) is 0 Å². The van der Waals surface area contributed by atoms with Gasteiger partial charge in [0.25, 0.3) is 0 Å². The van der Waals surface area contributed by atoms with Crippen LogP contribution >= 0.6 is 0 Å². The number of benzene rings is 2. The lowest BCUT2D eigenvalue weighted by atomic mass is 10.1. The maximum Gasteiger partial charge on any atom is 0.0437 e. The van der Waals surface area contributed by atoms with Crippen LogP contribution in [0.2, 0.25) is 0 Å². The van der Waals surface area contributed by atoms with Gasteiger partial charge in [-0.1, -0.05) is 30.3 Å². The zero-order chi connectivity index (χ0) is 11.5. The molecule has 0 heterocycles. The lowest BCUT2D eigenvalue weighted by Crippen LogP contribution is -2.10. The zero-order valence-electron chi connectivity index (χ0n) is 10.1. The third-order valence-electron chi connectivity index (χ3n) is 2.87. The van der Waals surface area contributed by atoms with Gasteiger partial charge < -0.3 is 4.90 Å². The van der Waals surface area contributed by atoms with E-state index < -0.39 is 0 Å². The Hall–Kier alpha value is -1.76. The van der Waals surface area contributed by atoms with Gasteiger partial charge in [0, 0.05) is 18.4 Å². The fraction of sp³-hybridized carbons (Fsp3) is 0.200. The second-order valence-electron chi connectivity index (χ2n) is 4.18. The molecule has 0 N–H and O–H groups in total. The normalized spacial score (nSPS) is 10.2. The molecule has 1 heteroatoms. The SMILES string of the molecule is Cc1cccc(N(C)c2ccccc2C)c1. The number of nitrogens with zero attached hydrogens (tertiary/aromatic N) is 1. The molecule has 0 fully saturated rings. The molecule has 0 spiro atoms. The molecular weight excluding hydrogens is 194 g/mol. The van der Waals surface area contributed by atoms with Crippen molar-refractivity contribution in [2.24, 2.45) is 0 Å². The van der Waals surface area contributed by atoms with E-state index in [4.69, 9.17) is 0 Å². The van der Waals surface area contributed by atoms with E-state index in [0.29, 0.717) is 0 Å². The molecule has 0 unspecified atom stereocenters. The van der Waals surface area contributed by atoms with Gasteiger partial charge in [0.2, 0.25) is 0 Å². The van der Waals surface area contributed by atoms with Gasteiger partial charge in [0.05, 0.1) is 0 Å². The van der Waals surface area contributed by atoms with Crippen LogP contribution in [0.25, 0.3) is 0 Å². The first-order valence-electron chi connectivity index (χ1n) is 5.54. The van der Waals surface area contributed by atoms with E-state index >= 15 is 0 Å². The van der Waals surface area contributed by atoms with Crippen molar-refractivity contribution in [1.82, 2.24) is 0 Å². The molecule has 0 saturated heterocycles. The molecule has 0 amide bonds. The highest BCUT2D eigenvalue weighted by molar-refractivity contribution is 5.65. The number of hydrogen-bond acceptors (Lipinski definition) is 1. The van der Waals surface area contributed by atoms with Crippen molar-refractivity contribution in [3.05, 3.63) is 59.7 Å². The Kier molecular flexibility index (Phi) is 2.95. The summed E-state index contributed by atoms with van der Waals surface area (Å²) in [5.41, 5.74) is 5.08. The van der Waals surface area contributed by atoms with Gasteiger partial charge in [-0.3, -0.25) is 0 Å². The lowest BCUT2D eigenvalue weighted by molar-refractivity contribution is 1.18. The van der Waals surface area contributed by atoms with Crippen LogP contribution in [-0.4, -0.2) is 7.05 Å². The van der Waals surface area contributed by atoms with Gasteiger partial charge >= 0.3 is 0 Å². The molecule has 0 saturated carbocycles. The van der Waals surface area contributed by atoms with Gasteiger partial charge in [-0.2, -0.15) is 0 Å². The fourth-order valence-corrected chi connectivity index (χ4v) is 1.92. The quantitative estimate of drug-likeness (QED) is 0.723. The summed E-state index contributed by atoms with van der Waals surface area (Å²) in [6.07, 6.45) is 0. The number of aryl methyl sites for hydroxylation is 2. The smallest absolute Gasteiger partial charge is 0.0437 e. The molecule has 16 heavy (non-hydrogen) atoms. The Balaban J connectivity index is 2.39. The van der Waals surface area contributed by atoms with Crippen molar-refractivity contribution < 1.29 is 0 Å². The summed E-state index contributed by atoms with van der Waals surface area (Å²) in [6.45, 7) is 4.26. The van der Waals surface area contributed by atoms with E-state index in [9.17, 15) is 0 Å². The predicted molar refractivity (Wildman–Crippen MR) is 70.4 cm³/mol. The molecule has 2 aromatic rings. The van der Waals surface area contributed by atoms with E-state index in [-0.39, 0.29) is 0 Å². The summed E-state index contributed by atoms with van der Waals surface area (Å²) in [6, 6.07) is 17.0. The van der Waals surface area contributed by atoms with Crippen molar-refractivity contribution in [3.63, 3.8) is 0 Å². The summed E-state index contributed by atoms with van der Waals surface area (Å²) in [5, 5.41) is 0. The topological polar surface area (TPSA) is 3.24 Å². The first kappa shape index (κ1) is 10.7. The molecule has 0 aliphatic carbocycles. The molecule has 0 aliphatic rings. The third-order valence-corrected chi connectivity index (χ3v) is 2.87. The Morgan fingerprint density at radius 2 is 1.62 bits per heavy atom. The number of rotatable bonds is 2. The Morgan fingerprint density at radius 3 is 2.31 bits per heavy atom. The standard InChI is InChI=1S/C15H17N/c1-12-7-6-9-14(11-12)16(3)15-10-5-4-8-13(15)2/h4-11H,1-3H3. The highest BCUT2D eigenvalue weighted by Crippen LogP contribution is 2.26. The summed E-state index contributed by atoms with van der Waals surface area (Å²) in [5.74, 6) is 0. The van der Waals surface area contributed by atoms with Gasteiger partial charge in [0.15, 0.2) is 0 Å². The van der Waals surface area contributed by atoms with Crippen LogP contribution in [-0.2, 0) is 0 Å². The van der Waals surface area contributed by atoms with Crippen molar-refractivity contribution in [2.45, 2.75) is 13.8 Å². The summed E-state index contributed by atoms with van der Waals surface area (Å²) < 4.78 is 0. The highest BCUT2D eigenvalue weighted by Gasteiger charge is 2.05. The number of para-hydroxylation sites is 1. The number of anilines is 2. The van der Waals surface area contributed by atoms with E-state index in [0.717, 1.165) is 0 Å². The molecule has 2 aromatic carbocycles. The monoisotopic (exact) mass is 211 g/mol. The molecule has 0 aromatic heterocycles. The molecule has 82 valence electrons. The van der Waals surface area contributed by atoms with Gasteiger partial charge in [-0.15, -0.1) is 0 Å². The van der Waals surface area contributed by atoms with Crippen LogP contribution in [0.1, 0.15) is 11.1 Å². The van der Waals surface area contributed by atoms with Crippen LogP contribution in [0.3, 0.4) is 0 Å². The van der Waals surface area contributed by atoms with Crippen LogP contribution in [0.4, 0.5) is 11.4 Å². The van der Waals surface area contributed by atoms with Crippen LogP contribution < -0.4 is 4.90 Å². The maximum atomic E-state index is 2.22. The summed E-state index contributed by atoms with van der Waals surface area (Å²) in [7, 11) is 2.11. The van der Waals surface area contributed by atoms with Crippen molar-refractivity contribution in [2.75, 3.05) is 11.9 Å². The molecule has 2 rings (SSSR count). The van der Waals surface area contributed by atoms with E-state index in [1.807, 2.05) is 0 Å². The second-order valence-corrected chi connectivity index (χ2v) is 4.18. The Morgan fingerprint density at radius 1 is 0.875 bits per heavy atom. The van der Waals surface area contributed by atoms with E-state index in [2.05, 4.69) is 74.3 Å². The lowest BCUT2D eigenvalue weighted by Gasteiger charge is -2.21. The third kappa shape index (κ3) is 2.08. The average molecular weight is 211 g/mol. The van der Waals surface area contributed by atoms with Gasteiger partial charge in [0.1, 0.15) is 0 Å². The predicted octanol–water partition coefficient (Wildman–Crippen LogP) is 4.07. The van der Waals surface area contributed by atoms with Crippen LogP contribution in [0.15, 0.2) is 48.5 Å². The van der Waals surface area contributed by atoms with Gasteiger partial charge in [-0.05, 0) is 43.2 Å². The summed E-state index contributed by atoms with van der Waals surface area (Å²) >= 11 is 0. The Bertz CT molecular complexity index is 488. The first-order chi connectivity index (χ1) is 7.68. The average Bonchev–Trinajstić information content (AvgIpc) is 2.29. The van der Waals surface area contributed by atoms with Crippen molar-refractivity contribution in [3.8, 4) is 0 Å². The second kappa shape index (κ2) is 4.40.